The molecule has 3 atom stereocenters. The van der Waals surface area contributed by atoms with Gasteiger partial charge in [-0.1, -0.05) is 29.8 Å². The number of hydrogen-bond donors (Lipinski definition) is 2. The smallest absolute Gasteiger partial charge is 0.261 e. The van der Waals surface area contributed by atoms with Crippen LogP contribution in [0, 0.1) is 26.7 Å². The first kappa shape index (κ1) is 32.5. The molecule has 2 N–H and O–H groups in total. The number of sulfonamides is 2. The van der Waals surface area contributed by atoms with Crippen molar-refractivity contribution in [3.8, 4) is 5.75 Å². The van der Waals surface area contributed by atoms with E-state index in [2.05, 4.69) is 9.88 Å². The van der Waals surface area contributed by atoms with Gasteiger partial charge in [0.25, 0.3) is 10.0 Å². The van der Waals surface area contributed by atoms with Gasteiger partial charge in [0.15, 0.2) is 5.76 Å². The number of anilines is 1. The van der Waals surface area contributed by atoms with Gasteiger partial charge >= 0.3 is 0 Å². The molecule has 234 valence electrons. The van der Waals surface area contributed by atoms with Gasteiger partial charge in [0.1, 0.15) is 22.4 Å². The number of likely N-dealkylation sites (N-methyl/N-ethyl adjacent to an activating group) is 1. The number of hydrogen-bond acceptors (Lipinski definition) is 9. The number of nitrogens with one attached hydrogen (secondary N) is 1. The van der Waals surface area contributed by atoms with Crippen molar-refractivity contribution in [3.63, 3.8) is 0 Å². The molecular formula is C29H38N4O8S2. The van der Waals surface area contributed by atoms with E-state index in [0.29, 0.717) is 11.3 Å². The number of aliphatic hydroxyl groups excluding tert-OH is 1. The number of amides is 1. The Labute approximate surface area is 252 Å². The summed E-state index contributed by atoms with van der Waals surface area (Å²) in [5.41, 5.74) is 1.81. The van der Waals surface area contributed by atoms with E-state index >= 15 is 0 Å². The standard InChI is InChI=1S/C29H38N4O8S2/c1-18-7-10-25(11-8-18)42(36,37)31-24-9-12-26-23(13-24)14-28(35)33(20(3)17-34)15-19(2)27(40-26)16-32(6)43(38,39)29-21(4)30-41-22(29)5/h7-13,19-20,27,31,34H,14-17H2,1-6H3/t19-,20-,27-/m0/s1. The fraction of sp³-hybridized carbons (Fsp3) is 0.448. The predicted octanol–water partition coefficient (Wildman–Crippen LogP) is 2.87. The van der Waals surface area contributed by atoms with E-state index in [4.69, 9.17) is 9.26 Å². The number of carbonyl (C=O) groups is 1. The van der Waals surface area contributed by atoms with Crippen molar-refractivity contribution in [3.05, 3.63) is 65.0 Å². The Morgan fingerprint density at radius 2 is 1.79 bits per heavy atom. The zero-order chi connectivity index (χ0) is 31.7. The Morgan fingerprint density at radius 1 is 1.12 bits per heavy atom. The molecule has 0 aliphatic carbocycles. The van der Waals surface area contributed by atoms with Crippen LogP contribution in [0.2, 0.25) is 0 Å². The van der Waals surface area contributed by atoms with Crippen molar-refractivity contribution in [2.24, 2.45) is 5.92 Å². The van der Waals surface area contributed by atoms with Gasteiger partial charge < -0.3 is 19.3 Å². The first-order chi connectivity index (χ1) is 20.1. The molecule has 1 aliphatic heterocycles. The van der Waals surface area contributed by atoms with Gasteiger partial charge in [-0.05, 0) is 58.0 Å². The van der Waals surface area contributed by atoms with E-state index < -0.39 is 32.2 Å². The van der Waals surface area contributed by atoms with Crippen LogP contribution in [-0.2, 0) is 31.3 Å². The monoisotopic (exact) mass is 634 g/mol. The summed E-state index contributed by atoms with van der Waals surface area (Å²) in [6.07, 6.45) is -0.833. The molecular weight excluding hydrogens is 596 g/mol. The second-order valence-electron chi connectivity index (χ2n) is 11.1. The van der Waals surface area contributed by atoms with E-state index in [1.165, 1.54) is 42.5 Å². The van der Waals surface area contributed by atoms with Gasteiger partial charge in [-0.2, -0.15) is 4.31 Å². The molecule has 2 heterocycles. The topological polar surface area (TPSA) is 159 Å². The summed E-state index contributed by atoms with van der Waals surface area (Å²) in [5, 5.41) is 13.7. The van der Waals surface area contributed by atoms with Crippen molar-refractivity contribution in [2.75, 3.05) is 31.5 Å². The quantitative estimate of drug-likeness (QED) is 0.361. The van der Waals surface area contributed by atoms with Crippen LogP contribution in [0.5, 0.6) is 5.75 Å². The van der Waals surface area contributed by atoms with Crippen LogP contribution < -0.4 is 9.46 Å². The average Bonchev–Trinajstić information content (AvgIpc) is 3.31. The Bertz CT molecular complexity index is 1670. The number of aryl methyl sites for hydroxylation is 3. The number of aliphatic hydroxyl groups is 1. The normalized spacial score (nSPS) is 18.8. The highest BCUT2D eigenvalue weighted by Crippen LogP contribution is 2.31. The Balaban J connectivity index is 1.69. The van der Waals surface area contributed by atoms with E-state index in [1.807, 2.05) is 13.8 Å². The maximum Gasteiger partial charge on any atom is 0.261 e. The molecule has 4 rings (SSSR count). The summed E-state index contributed by atoms with van der Waals surface area (Å²) >= 11 is 0. The predicted molar refractivity (Wildman–Crippen MR) is 160 cm³/mol. The van der Waals surface area contributed by atoms with Gasteiger partial charge in [-0.25, -0.2) is 16.8 Å². The average molecular weight is 635 g/mol. The third kappa shape index (κ3) is 7.03. The maximum absolute atomic E-state index is 13.5. The molecule has 3 aromatic rings. The minimum absolute atomic E-state index is 0.0117. The third-order valence-corrected chi connectivity index (χ3v) is 11.0. The second-order valence-corrected chi connectivity index (χ2v) is 14.7. The minimum atomic E-state index is -3.99. The van der Waals surface area contributed by atoms with Crippen LogP contribution >= 0.6 is 0 Å². The van der Waals surface area contributed by atoms with Gasteiger partial charge in [0.05, 0.1) is 30.5 Å². The fourth-order valence-electron chi connectivity index (χ4n) is 4.99. The van der Waals surface area contributed by atoms with E-state index in [9.17, 15) is 26.7 Å². The summed E-state index contributed by atoms with van der Waals surface area (Å²) in [7, 11) is -6.46. The second kappa shape index (κ2) is 12.6. The van der Waals surface area contributed by atoms with E-state index in [1.54, 1.807) is 36.9 Å². The lowest BCUT2D eigenvalue weighted by Gasteiger charge is -2.33. The molecule has 43 heavy (non-hydrogen) atoms. The van der Waals surface area contributed by atoms with Gasteiger partial charge in [0, 0.05) is 30.8 Å². The maximum atomic E-state index is 13.5. The molecule has 2 aromatic carbocycles. The molecule has 0 spiro atoms. The van der Waals surface area contributed by atoms with Crippen LogP contribution in [0.15, 0.2) is 56.8 Å². The van der Waals surface area contributed by atoms with Crippen molar-refractivity contribution >= 4 is 31.6 Å². The molecule has 0 bridgehead atoms. The number of benzene rings is 2. The highest BCUT2D eigenvalue weighted by atomic mass is 32.2. The number of nitrogens with zero attached hydrogens (tertiary/aromatic N) is 3. The molecule has 1 aliphatic rings. The summed E-state index contributed by atoms with van der Waals surface area (Å²) in [4.78, 5) is 15.1. The molecule has 0 unspecified atom stereocenters. The number of fused-ring (bicyclic) bond motifs is 1. The molecule has 0 fully saturated rings. The lowest BCUT2D eigenvalue weighted by Crippen LogP contribution is -2.48. The van der Waals surface area contributed by atoms with Crippen molar-refractivity contribution in [2.45, 2.75) is 63.0 Å². The highest BCUT2D eigenvalue weighted by Gasteiger charge is 2.35. The SMILES string of the molecule is Cc1ccc(S(=O)(=O)Nc2ccc3c(c2)CC(=O)N([C@@H](C)CO)C[C@H](C)[C@H](CN(C)S(=O)(=O)c2c(C)noc2C)O3)cc1. The van der Waals surface area contributed by atoms with E-state index in [-0.39, 0.29) is 64.9 Å². The molecule has 1 amide bonds. The van der Waals surface area contributed by atoms with Gasteiger partial charge in [0.2, 0.25) is 15.9 Å². The molecule has 0 saturated carbocycles. The summed E-state index contributed by atoms with van der Waals surface area (Å²) in [6, 6.07) is 10.6. The fourth-order valence-corrected chi connectivity index (χ4v) is 7.51. The zero-order valence-corrected chi connectivity index (χ0v) is 26.7. The van der Waals surface area contributed by atoms with Crippen molar-refractivity contribution in [1.29, 1.82) is 0 Å². The van der Waals surface area contributed by atoms with Crippen LogP contribution in [-0.4, -0.2) is 81.1 Å². The lowest BCUT2D eigenvalue weighted by atomic mass is 10.0. The van der Waals surface area contributed by atoms with Crippen molar-refractivity contribution < 1.29 is 36.0 Å². The Kier molecular flexibility index (Phi) is 9.54. The third-order valence-electron chi connectivity index (χ3n) is 7.57. The molecule has 1 aromatic heterocycles. The van der Waals surface area contributed by atoms with E-state index in [0.717, 1.165) is 5.56 Å². The van der Waals surface area contributed by atoms with Crippen molar-refractivity contribution in [1.82, 2.24) is 14.4 Å². The number of ether oxygens (including phenoxy) is 1. The van der Waals surface area contributed by atoms with Gasteiger partial charge in [-0.15, -0.1) is 0 Å². The van der Waals surface area contributed by atoms with Crippen LogP contribution in [0.3, 0.4) is 0 Å². The van der Waals surface area contributed by atoms with Crippen LogP contribution in [0.1, 0.15) is 36.4 Å². The first-order valence-electron chi connectivity index (χ1n) is 13.8. The summed E-state index contributed by atoms with van der Waals surface area (Å²) in [5.74, 6) is -0.141. The Hall–Kier alpha value is -3.46. The zero-order valence-electron chi connectivity index (χ0n) is 25.1. The largest absolute Gasteiger partial charge is 0.488 e. The molecule has 14 heteroatoms. The molecule has 0 radical (unpaired) electrons. The summed E-state index contributed by atoms with van der Waals surface area (Å²) in [6.45, 7) is 8.37. The van der Waals surface area contributed by atoms with Gasteiger partial charge in [-0.3, -0.25) is 9.52 Å². The highest BCUT2D eigenvalue weighted by molar-refractivity contribution is 7.92. The molecule has 0 saturated heterocycles. The number of aromatic nitrogens is 1. The molecule has 12 nitrogen and oxygen atoms in total. The summed E-state index contributed by atoms with van der Waals surface area (Å²) < 4.78 is 68.2. The Morgan fingerprint density at radius 3 is 2.40 bits per heavy atom. The number of carbonyl (C=O) groups excluding carboxylic acids is 1. The number of rotatable bonds is 9. The van der Waals surface area contributed by atoms with Crippen LogP contribution in [0.25, 0.3) is 0 Å². The lowest BCUT2D eigenvalue weighted by molar-refractivity contribution is -0.134. The minimum Gasteiger partial charge on any atom is -0.488 e. The first-order valence-corrected chi connectivity index (χ1v) is 16.7. The van der Waals surface area contributed by atoms with Crippen LogP contribution in [0.4, 0.5) is 5.69 Å².